The van der Waals surface area contributed by atoms with Crippen LogP contribution in [0.5, 0.6) is 0 Å². The van der Waals surface area contributed by atoms with Crippen molar-refractivity contribution >= 4 is 11.4 Å². The van der Waals surface area contributed by atoms with Crippen LogP contribution >= 0.6 is 0 Å². The highest BCUT2D eigenvalue weighted by atomic mass is 16.6. The zero-order valence-corrected chi connectivity index (χ0v) is 17.5. The number of hydrogen-bond donors (Lipinski definition) is 0. The normalized spacial score (nSPS) is 10.9. The summed E-state index contributed by atoms with van der Waals surface area (Å²) in [6.07, 6.45) is 8.08. The van der Waals surface area contributed by atoms with Gasteiger partial charge in [-0.3, -0.25) is 20.2 Å². The molecule has 4 aromatic rings. The lowest BCUT2D eigenvalue weighted by molar-refractivity contribution is -0.385. The highest BCUT2D eigenvalue weighted by Gasteiger charge is 2.09. The topological polar surface area (TPSA) is 148 Å². The maximum Gasteiger partial charge on any atom is 0.269 e. The Morgan fingerprint density at radius 1 is 0.636 bits per heavy atom. The van der Waals surface area contributed by atoms with Crippen LogP contribution < -0.4 is 0 Å². The molecule has 0 bridgehead atoms. The van der Waals surface area contributed by atoms with Crippen LogP contribution in [-0.4, -0.2) is 39.8 Å². The second-order valence-electron chi connectivity index (χ2n) is 7.42. The molecular weight excluding hydrogens is 428 g/mol. The molecule has 0 aliphatic carbocycles. The van der Waals surface area contributed by atoms with Gasteiger partial charge in [-0.1, -0.05) is 16.8 Å². The van der Waals surface area contributed by atoms with E-state index in [1.54, 1.807) is 33.6 Å². The number of nitro benzene ring substituents is 2. The van der Waals surface area contributed by atoms with Crippen LogP contribution in [0.25, 0.3) is 11.4 Å². The van der Waals surface area contributed by atoms with Gasteiger partial charge in [-0.15, -0.1) is 10.2 Å². The summed E-state index contributed by atoms with van der Waals surface area (Å²) in [5.74, 6) is 0. The number of nitro groups is 2. The largest absolute Gasteiger partial charge is 0.269 e. The molecule has 0 N–H and O–H groups in total. The lowest BCUT2D eigenvalue weighted by Crippen LogP contribution is -1.95. The Balaban J connectivity index is 1.22. The van der Waals surface area contributed by atoms with Gasteiger partial charge in [-0.25, -0.2) is 9.36 Å². The number of benzene rings is 2. The van der Waals surface area contributed by atoms with Crippen LogP contribution in [0.3, 0.4) is 0 Å². The molecule has 0 saturated heterocycles. The van der Waals surface area contributed by atoms with E-state index in [9.17, 15) is 20.2 Å². The molecule has 2 aromatic carbocycles. The van der Waals surface area contributed by atoms with Gasteiger partial charge in [0.2, 0.25) is 0 Å². The molecule has 12 nitrogen and oxygen atoms in total. The average molecular weight is 448 g/mol. The van der Waals surface area contributed by atoms with Crippen LogP contribution in [0.4, 0.5) is 11.4 Å². The summed E-state index contributed by atoms with van der Waals surface area (Å²) in [6.45, 7) is 0. The zero-order valence-electron chi connectivity index (χ0n) is 17.5. The fourth-order valence-corrected chi connectivity index (χ4v) is 3.32. The molecule has 0 aliphatic rings. The fourth-order valence-electron chi connectivity index (χ4n) is 3.32. The van der Waals surface area contributed by atoms with Gasteiger partial charge in [0.05, 0.1) is 45.0 Å². The van der Waals surface area contributed by atoms with E-state index >= 15 is 0 Å². The molecule has 0 aliphatic heterocycles. The molecule has 168 valence electrons. The summed E-state index contributed by atoms with van der Waals surface area (Å²) in [6, 6.07) is 12.3. The van der Waals surface area contributed by atoms with Crippen molar-refractivity contribution in [2.24, 2.45) is 0 Å². The number of hydrogen-bond acceptors (Lipinski definition) is 8. The second-order valence-corrected chi connectivity index (χ2v) is 7.42. The molecule has 0 saturated carbocycles. The van der Waals surface area contributed by atoms with E-state index in [0.29, 0.717) is 0 Å². The summed E-state index contributed by atoms with van der Waals surface area (Å²) >= 11 is 0. The number of aromatic nitrogens is 6. The monoisotopic (exact) mass is 448 g/mol. The first-order valence-electron chi connectivity index (χ1n) is 10.3. The van der Waals surface area contributed by atoms with Gasteiger partial charge in [0.25, 0.3) is 11.4 Å². The molecule has 0 fully saturated rings. The lowest BCUT2D eigenvalue weighted by atomic mass is 10.1. The Kier molecular flexibility index (Phi) is 6.43. The van der Waals surface area contributed by atoms with Gasteiger partial charge in [-0.2, -0.15) is 0 Å². The van der Waals surface area contributed by atoms with Crippen LogP contribution in [0.1, 0.15) is 30.7 Å². The van der Waals surface area contributed by atoms with Crippen molar-refractivity contribution in [1.29, 1.82) is 0 Å². The molecular formula is C21H20N8O4. The first-order chi connectivity index (χ1) is 16.0. The first-order valence-corrected chi connectivity index (χ1v) is 10.3. The Bertz CT molecular complexity index is 1150. The molecule has 12 heteroatoms. The average Bonchev–Trinajstić information content (AvgIpc) is 3.49. The first kappa shape index (κ1) is 21.7. The third-order valence-corrected chi connectivity index (χ3v) is 5.10. The van der Waals surface area contributed by atoms with E-state index in [1.807, 2.05) is 12.4 Å². The smallest absolute Gasteiger partial charge is 0.258 e. The minimum Gasteiger partial charge on any atom is -0.258 e. The quantitative estimate of drug-likeness (QED) is 0.203. The molecule has 0 amide bonds. The summed E-state index contributed by atoms with van der Waals surface area (Å²) < 4.78 is 3.21. The predicted molar refractivity (Wildman–Crippen MR) is 117 cm³/mol. The van der Waals surface area contributed by atoms with E-state index in [4.69, 9.17) is 0 Å². The maximum atomic E-state index is 10.8. The van der Waals surface area contributed by atoms with Gasteiger partial charge in [0.15, 0.2) is 0 Å². The number of unbranched alkanes of at least 4 members (excludes halogenated alkanes) is 2. The lowest BCUT2D eigenvalue weighted by Gasteiger charge is -1.99. The van der Waals surface area contributed by atoms with Crippen molar-refractivity contribution in [2.45, 2.75) is 32.1 Å². The molecule has 0 spiro atoms. The minimum absolute atomic E-state index is 0.0341. The summed E-state index contributed by atoms with van der Waals surface area (Å²) in [5, 5.41) is 38.0. The fraction of sp³-hybridized carbons (Fsp3) is 0.238. The number of nitrogens with zero attached hydrogens (tertiary/aromatic N) is 8. The predicted octanol–water partition coefficient (Wildman–Crippen LogP) is 3.62. The van der Waals surface area contributed by atoms with Gasteiger partial charge in [0, 0.05) is 24.3 Å². The maximum absolute atomic E-state index is 10.8. The zero-order chi connectivity index (χ0) is 23.2. The van der Waals surface area contributed by atoms with Crippen LogP contribution in [0.2, 0.25) is 0 Å². The van der Waals surface area contributed by atoms with Gasteiger partial charge in [-0.05, 0) is 49.9 Å². The Morgan fingerprint density at radius 3 is 1.39 bits per heavy atom. The van der Waals surface area contributed by atoms with E-state index in [2.05, 4.69) is 20.6 Å². The number of rotatable bonds is 10. The van der Waals surface area contributed by atoms with E-state index in [0.717, 1.165) is 54.9 Å². The van der Waals surface area contributed by atoms with Crippen LogP contribution in [-0.2, 0) is 12.8 Å². The molecule has 33 heavy (non-hydrogen) atoms. The van der Waals surface area contributed by atoms with Gasteiger partial charge < -0.3 is 0 Å². The SMILES string of the molecule is O=[N+]([O-])c1ccc(-n2cc(CCCCCc3cn(-c4ccc([N+](=O)[O-])cc4)nn3)nn2)cc1. The van der Waals surface area contributed by atoms with Crippen LogP contribution in [0.15, 0.2) is 60.9 Å². The third-order valence-electron chi connectivity index (χ3n) is 5.10. The molecule has 2 heterocycles. The summed E-state index contributed by atoms with van der Waals surface area (Å²) in [4.78, 5) is 20.6. The Morgan fingerprint density at radius 2 is 1.03 bits per heavy atom. The second kappa shape index (κ2) is 9.77. The van der Waals surface area contributed by atoms with Crippen molar-refractivity contribution in [3.05, 3.63) is 92.5 Å². The van der Waals surface area contributed by atoms with Crippen molar-refractivity contribution in [1.82, 2.24) is 30.0 Å². The van der Waals surface area contributed by atoms with Crippen molar-refractivity contribution in [3.63, 3.8) is 0 Å². The van der Waals surface area contributed by atoms with Crippen molar-refractivity contribution in [2.75, 3.05) is 0 Å². The Hall–Kier alpha value is -4.48. The van der Waals surface area contributed by atoms with Crippen LogP contribution in [0, 0.1) is 20.2 Å². The number of non-ortho nitro benzene ring substituents is 2. The third kappa shape index (κ3) is 5.42. The summed E-state index contributed by atoms with van der Waals surface area (Å²) in [5.41, 5.74) is 3.22. The molecule has 0 radical (unpaired) electrons. The highest BCUT2D eigenvalue weighted by Crippen LogP contribution is 2.16. The summed E-state index contributed by atoms with van der Waals surface area (Å²) in [7, 11) is 0. The van der Waals surface area contributed by atoms with Crippen molar-refractivity contribution < 1.29 is 9.85 Å². The molecule has 0 unspecified atom stereocenters. The highest BCUT2D eigenvalue weighted by molar-refractivity contribution is 5.41. The number of aryl methyl sites for hydroxylation is 2. The minimum atomic E-state index is -0.438. The molecule has 2 aromatic heterocycles. The Labute approximate surface area is 187 Å². The van der Waals surface area contributed by atoms with Crippen molar-refractivity contribution in [3.8, 4) is 11.4 Å². The van der Waals surface area contributed by atoms with E-state index in [-0.39, 0.29) is 11.4 Å². The van der Waals surface area contributed by atoms with E-state index < -0.39 is 9.85 Å². The van der Waals surface area contributed by atoms with E-state index in [1.165, 1.54) is 24.3 Å². The standard InChI is InChI=1S/C21H20N8O4/c30-28(31)20-10-6-18(7-11-20)26-14-16(22-24-26)4-2-1-3-5-17-15-27(25-23-17)19-8-12-21(13-9-19)29(32)33/h6-15H,1-5H2. The van der Waals surface area contributed by atoms with Gasteiger partial charge >= 0.3 is 0 Å². The molecule has 4 rings (SSSR count). The van der Waals surface area contributed by atoms with Gasteiger partial charge in [0.1, 0.15) is 0 Å². The molecule has 0 atom stereocenters.